The van der Waals surface area contributed by atoms with E-state index in [-0.39, 0.29) is 17.2 Å². The van der Waals surface area contributed by atoms with Gasteiger partial charge in [-0.1, -0.05) is 20.8 Å². The number of carbonyl (C=O) groups excluding carboxylic acids is 1. The molecule has 6 nitrogen and oxygen atoms in total. The van der Waals surface area contributed by atoms with E-state index in [1.54, 1.807) is 18.6 Å². The van der Waals surface area contributed by atoms with Gasteiger partial charge in [0.25, 0.3) is 0 Å². The van der Waals surface area contributed by atoms with Crippen molar-refractivity contribution in [3.05, 3.63) is 30.5 Å². The standard InChI is InChI=1S/C17H23N5O/c1-17(2,3)16(23)22-6-4-5-12(11-22)14-9-19-15(10-18-14)13-7-20-21-8-13/h7-10,12H,4-6,11H2,1-3H3,(H,20,21). The van der Waals surface area contributed by atoms with Gasteiger partial charge in [0.1, 0.15) is 0 Å². The second kappa shape index (κ2) is 6.10. The van der Waals surface area contributed by atoms with Crippen molar-refractivity contribution in [1.29, 1.82) is 0 Å². The molecule has 1 unspecified atom stereocenters. The molecule has 0 saturated carbocycles. The topological polar surface area (TPSA) is 74.8 Å². The fraction of sp³-hybridized carbons (Fsp3) is 0.529. The molecule has 1 saturated heterocycles. The van der Waals surface area contributed by atoms with Gasteiger partial charge in [-0.15, -0.1) is 0 Å². The first-order chi connectivity index (χ1) is 10.9. The molecule has 23 heavy (non-hydrogen) atoms. The third-order valence-electron chi connectivity index (χ3n) is 4.23. The Kier molecular flexibility index (Phi) is 4.15. The van der Waals surface area contributed by atoms with Crippen LogP contribution in [0.1, 0.15) is 45.2 Å². The van der Waals surface area contributed by atoms with Crippen molar-refractivity contribution in [2.75, 3.05) is 13.1 Å². The van der Waals surface area contributed by atoms with E-state index < -0.39 is 0 Å². The van der Waals surface area contributed by atoms with Crippen LogP contribution in [0.25, 0.3) is 11.3 Å². The van der Waals surface area contributed by atoms with Crippen molar-refractivity contribution in [3.63, 3.8) is 0 Å². The number of rotatable bonds is 2. The second-order valence-corrected chi connectivity index (χ2v) is 7.15. The summed E-state index contributed by atoms with van der Waals surface area (Å²) in [5, 5.41) is 6.70. The number of H-pyrrole nitrogens is 1. The lowest BCUT2D eigenvalue weighted by molar-refractivity contribution is -0.140. The number of aromatic amines is 1. The SMILES string of the molecule is CC(C)(C)C(=O)N1CCCC(c2cnc(-c3cn[nH]c3)cn2)C1. The Labute approximate surface area is 136 Å². The molecule has 0 spiro atoms. The number of amides is 1. The van der Waals surface area contributed by atoms with Crippen LogP contribution in [0.4, 0.5) is 0 Å². The summed E-state index contributed by atoms with van der Waals surface area (Å²) >= 11 is 0. The fourth-order valence-electron chi connectivity index (χ4n) is 2.97. The minimum atomic E-state index is -0.335. The molecule has 0 aliphatic carbocycles. The van der Waals surface area contributed by atoms with Crippen molar-refractivity contribution in [2.45, 2.75) is 39.5 Å². The largest absolute Gasteiger partial charge is 0.342 e. The summed E-state index contributed by atoms with van der Waals surface area (Å²) in [6.45, 7) is 7.48. The summed E-state index contributed by atoms with van der Waals surface area (Å²) in [4.78, 5) is 23.5. The lowest BCUT2D eigenvalue weighted by Crippen LogP contribution is -2.44. The number of nitrogens with one attached hydrogen (secondary N) is 1. The number of hydrogen-bond donors (Lipinski definition) is 1. The maximum absolute atomic E-state index is 12.5. The Hall–Kier alpha value is -2.24. The van der Waals surface area contributed by atoms with E-state index in [1.165, 1.54) is 0 Å². The van der Waals surface area contributed by atoms with E-state index in [0.29, 0.717) is 0 Å². The zero-order valence-corrected chi connectivity index (χ0v) is 13.9. The van der Waals surface area contributed by atoms with Gasteiger partial charge in [-0.2, -0.15) is 5.10 Å². The van der Waals surface area contributed by atoms with Gasteiger partial charge in [-0.05, 0) is 12.8 Å². The number of carbonyl (C=O) groups is 1. The van der Waals surface area contributed by atoms with Gasteiger partial charge in [0.2, 0.25) is 5.91 Å². The highest BCUT2D eigenvalue weighted by Gasteiger charge is 2.31. The third kappa shape index (κ3) is 3.41. The molecule has 1 aliphatic heterocycles. The summed E-state index contributed by atoms with van der Waals surface area (Å²) in [6, 6.07) is 0. The average Bonchev–Trinajstić information content (AvgIpc) is 3.08. The molecule has 6 heteroatoms. The minimum Gasteiger partial charge on any atom is -0.342 e. The molecule has 2 aromatic rings. The molecule has 1 fully saturated rings. The Morgan fingerprint density at radius 1 is 1.26 bits per heavy atom. The van der Waals surface area contributed by atoms with E-state index in [1.807, 2.05) is 31.9 Å². The van der Waals surface area contributed by atoms with Crippen LogP contribution in [-0.2, 0) is 4.79 Å². The van der Waals surface area contributed by atoms with E-state index in [4.69, 9.17) is 0 Å². The van der Waals surface area contributed by atoms with Crippen molar-refractivity contribution >= 4 is 5.91 Å². The van der Waals surface area contributed by atoms with E-state index in [9.17, 15) is 4.79 Å². The molecule has 0 bridgehead atoms. The summed E-state index contributed by atoms with van der Waals surface area (Å²) in [5.41, 5.74) is 2.36. The lowest BCUT2D eigenvalue weighted by Gasteiger charge is -2.36. The Bertz CT molecular complexity index is 657. The van der Waals surface area contributed by atoms with Crippen LogP contribution in [0.15, 0.2) is 24.8 Å². The third-order valence-corrected chi connectivity index (χ3v) is 4.23. The number of aromatic nitrogens is 4. The van der Waals surface area contributed by atoms with Gasteiger partial charge in [0.15, 0.2) is 0 Å². The number of hydrogen-bond acceptors (Lipinski definition) is 4. The van der Waals surface area contributed by atoms with Gasteiger partial charge in [0.05, 0.1) is 23.8 Å². The molecular weight excluding hydrogens is 290 g/mol. The molecule has 1 N–H and O–H groups in total. The van der Waals surface area contributed by atoms with Crippen LogP contribution in [0.2, 0.25) is 0 Å². The smallest absolute Gasteiger partial charge is 0.227 e. The zero-order chi connectivity index (χ0) is 16.4. The van der Waals surface area contributed by atoms with Crippen molar-refractivity contribution in [3.8, 4) is 11.3 Å². The molecular formula is C17H23N5O. The van der Waals surface area contributed by atoms with E-state index in [2.05, 4.69) is 20.2 Å². The summed E-state index contributed by atoms with van der Waals surface area (Å²) in [6.07, 6.45) is 9.20. The summed E-state index contributed by atoms with van der Waals surface area (Å²) in [7, 11) is 0. The molecule has 2 aromatic heterocycles. The molecule has 0 aromatic carbocycles. The van der Waals surface area contributed by atoms with Gasteiger partial charge in [0, 0.05) is 42.4 Å². The van der Waals surface area contributed by atoms with Crippen LogP contribution in [0.5, 0.6) is 0 Å². The first-order valence-electron chi connectivity index (χ1n) is 8.05. The van der Waals surface area contributed by atoms with Crippen molar-refractivity contribution < 1.29 is 4.79 Å². The van der Waals surface area contributed by atoms with Gasteiger partial charge < -0.3 is 4.90 Å². The van der Waals surface area contributed by atoms with Crippen LogP contribution in [0, 0.1) is 5.41 Å². The number of likely N-dealkylation sites (tertiary alicyclic amines) is 1. The quantitative estimate of drug-likeness (QED) is 0.925. The van der Waals surface area contributed by atoms with Crippen molar-refractivity contribution in [2.24, 2.45) is 5.41 Å². The molecule has 3 rings (SSSR count). The predicted octanol–water partition coefficient (Wildman–Crippen LogP) is 2.62. The highest BCUT2D eigenvalue weighted by molar-refractivity contribution is 5.81. The first kappa shape index (κ1) is 15.6. The van der Waals surface area contributed by atoms with Gasteiger partial charge in [-0.25, -0.2) is 0 Å². The number of nitrogens with zero attached hydrogens (tertiary/aromatic N) is 4. The lowest BCUT2D eigenvalue weighted by atomic mass is 9.90. The Morgan fingerprint density at radius 2 is 2.09 bits per heavy atom. The minimum absolute atomic E-state index is 0.213. The monoisotopic (exact) mass is 313 g/mol. The molecule has 122 valence electrons. The summed E-state index contributed by atoms with van der Waals surface area (Å²) < 4.78 is 0. The molecule has 0 radical (unpaired) electrons. The van der Waals surface area contributed by atoms with E-state index >= 15 is 0 Å². The molecule has 1 aliphatic rings. The normalized spacial score (nSPS) is 18.9. The highest BCUT2D eigenvalue weighted by Crippen LogP contribution is 2.29. The van der Waals surface area contributed by atoms with Crippen LogP contribution < -0.4 is 0 Å². The van der Waals surface area contributed by atoms with Crippen LogP contribution in [0.3, 0.4) is 0 Å². The number of piperidine rings is 1. The average molecular weight is 313 g/mol. The Morgan fingerprint density at radius 3 is 2.70 bits per heavy atom. The fourth-order valence-corrected chi connectivity index (χ4v) is 2.97. The maximum Gasteiger partial charge on any atom is 0.227 e. The second-order valence-electron chi connectivity index (χ2n) is 7.15. The Balaban J connectivity index is 1.73. The summed E-state index contributed by atoms with van der Waals surface area (Å²) in [5.74, 6) is 0.478. The predicted molar refractivity (Wildman–Crippen MR) is 87.6 cm³/mol. The molecule has 1 amide bonds. The van der Waals surface area contributed by atoms with Crippen molar-refractivity contribution in [1.82, 2.24) is 25.1 Å². The van der Waals surface area contributed by atoms with E-state index in [0.717, 1.165) is 42.9 Å². The molecule has 3 heterocycles. The van der Waals surface area contributed by atoms with Crippen LogP contribution in [-0.4, -0.2) is 44.1 Å². The first-order valence-corrected chi connectivity index (χ1v) is 8.05. The van der Waals surface area contributed by atoms with Gasteiger partial charge in [-0.3, -0.25) is 19.9 Å². The van der Waals surface area contributed by atoms with Gasteiger partial charge >= 0.3 is 0 Å². The maximum atomic E-state index is 12.5. The zero-order valence-electron chi connectivity index (χ0n) is 13.9. The molecule has 1 atom stereocenters. The van der Waals surface area contributed by atoms with Crippen LogP contribution >= 0.6 is 0 Å². The highest BCUT2D eigenvalue weighted by atomic mass is 16.2.